The molecule has 0 radical (unpaired) electrons. The van der Waals surface area contributed by atoms with Gasteiger partial charge in [0.25, 0.3) is 0 Å². The second-order valence-electron chi connectivity index (χ2n) is 4.11. The molecule has 0 fully saturated rings. The summed E-state index contributed by atoms with van der Waals surface area (Å²) in [7, 11) is 0. The molecule has 0 aliphatic carbocycles. The molecule has 1 rings (SSSR count). The molecule has 0 unspecified atom stereocenters. The molecule has 1 aromatic rings. The normalized spacial score (nSPS) is 10.8. The highest BCUT2D eigenvalue weighted by Gasteiger charge is 2.55. The summed E-state index contributed by atoms with van der Waals surface area (Å²) < 4.78 is 9.86. The molecule has 0 heterocycles. The highest BCUT2D eigenvalue weighted by molar-refractivity contribution is 6.25. The van der Waals surface area contributed by atoms with Crippen molar-refractivity contribution < 1.29 is 23.9 Å². The van der Waals surface area contributed by atoms with Crippen molar-refractivity contribution in [3.8, 4) is 0 Å². The number of benzene rings is 1. The lowest BCUT2D eigenvalue weighted by atomic mass is 9.77. The number of rotatable bonds is 6. The van der Waals surface area contributed by atoms with Crippen LogP contribution in [0.4, 0.5) is 0 Å². The van der Waals surface area contributed by atoms with Gasteiger partial charge in [-0.1, -0.05) is 30.3 Å². The molecule has 0 aliphatic heterocycles. The molecule has 5 nitrogen and oxygen atoms in total. The summed E-state index contributed by atoms with van der Waals surface area (Å²) in [6, 6.07) is 8.09. The molecule has 0 spiro atoms. The fourth-order valence-electron chi connectivity index (χ4n) is 1.98. The van der Waals surface area contributed by atoms with Crippen LogP contribution in [-0.2, 0) is 29.3 Å². The van der Waals surface area contributed by atoms with Crippen LogP contribution in [0.1, 0.15) is 26.3 Å². The average Bonchev–Trinajstić information content (AvgIpc) is 2.41. The molecule has 0 bridgehead atoms. The van der Waals surface area contributed by atoms with Gasteiger partial charge in [-0.05, 0) is 26.3 Å². The monoisotopic (exact) mass is 278 g/mol. The van der Waals surface area contributed by atoms with E-state index in [1.165, 1.54) is 19.1 Å². The molecule has 0 saturated heterocycles. The zero-order chi connectivity index (χ0) is 15.2. The van der Waals surface area contributed by atoms with Gasteiger partial charge in [-0.3, -0.25) is 4.79 Å². The van der Waals surface area contributed by atoms with E-state index in [9.17, 15) is 14.4 Å². The van der Waals surface area contributed by atoms with Gasteiger partial charge in [-0.2, -0.15) is 0 Å². The lowest BCUT2D eigenvalue weighted by Gasteiger charge is -2.26. The first-order valence-electron chi connectivity index (χ1n) is 6.42. The van der Waals surface area contributed by atoms with Crippen LogP contribution in [0, 0.1) is 0 Å². The third-order valence-electron chi connectivity index (χ3n) is 2.90. The molecule has 20 heavy (non-hydrogen) atoms. The van der Waals surface area contributed by atoms with E-state index in [0.29, 0.717) is 0 Å². The van der Waals surface area contributed by atoms with Gasteiger partial charge in [0.1, 0.15) is 0 Å². The van der Waals surface area contributed by atoms with Gasteiger partial charge < -0.3 is 9.47 Å². The minimum Gasteiger partial charge on any atom is -0.465 e. The van der Waals surface area contributed by atoms with Crippen LogP contribution in [0.5, 0.6) is 0 Å². The zero-order valence-electron chi connectivity index (χ0n) is 11.8. The molecule has 0 amide bonds. The van der Waals surface area contributed by atoms with Crippen molar-refractivity contribution in [3.05, 3.63) is 35.9 Å². The Morgan fingerprint density at radius 1 is 0.950 bits per heavy atom. The van der Waals surface area contributed by atoms with Crippen molar-refractivity contribution >= 4 is 17.7 Å². The van der Waals surface area contributed by atoms with Gasteiger partial charge in [0.2, 0.25) is 5.41 Å². The van der Waals surface area contributed by atoms with E-state index in [4.69, 9.17) is 9.47 Å². The van der Waals surface area contributed by atoms with Crippen molar-refractivity contribution in [3.63, 3.8) is 0 Å². The van der Waals surface area contributed by atoms with E-state index in [1.807, 2.05) is 0 Å². The maximum absolute atomic E-state index is 12.3. The Bertz CT molecular complexity index is 474. The maximum Gasteiger partial charge on any atom is 0.335 e. The zero-order valence-corrected chi connectivity index (χ0v) is 11.8. The number of ether oxygens (including phenoxy) is 2. The Hall–Kier alpha value is -2.17. The van der Waals surface area contributed by atoms with E-state index in [-0.39, 0.29) is 18.8 Å². The highest BCUT2D eigenvalue weighted by Crippen LogP contribution is 2.29. The SMILES string of the molecule is CCOC(=O)C(C(C)=O)(C(=O)OCC)c1ccccc1. The summed E-state index contributed by atoms with van der Waals surface area (Å²) in [5.74, 6) is -2.44. The second kappa shape index (κ2) is 6.84. The number of hydrogen-bond donors (Lipinski definition) is 0. The van der Waals surface area contributed by atoms with Gasteiger partial charge in [-0.25, -0.2) is 9.59 Å². The van der Waals surface area contributed by atoms with Crippen LogP contribution in [0.2, 0.25) is 0 Å². The molecule has 1 aromatic carbocycles. The van der Waals surface area contributed by atoms with Crippen LogP contribution in [0.3, 0.4) is 0 Å². The molecule has 0 aromatic heterocycles. The Labute approximate surface area is 117 Å². The van der Waals surface area contributed by atoms with Gasteiger partial charge in [0, 0.05) is 0 Å². The fraction of sp³-hybridized carbons (Fsp3) is 0.400. The number of Topliss-reactive ketones (excluding diaryl/α,β-unsaturated/α-hetero) is 1. The van der Waals surface area contributed by atoms with Crippen molar-refractivity contribution in [1.29, 1.82) is 0 Å². The van der Waals surface area contributed by atoms with Gasteiger partial charge >= 0.3 is 11.9 Å². The number of carbonyl (C=O) groups excluding carboxylic acids is 3. The van der Waals surface area contributed by atoms with Crippen molar-refractivity contribution in [2.75, 3.05) is 13.2 Å². The maximum atomic E-state index is 12.3. The Kier molecular flexibility index (Phi) is 5.43. The third-order valence-corrected chi connectivity index (χ3v) is 2.90. The minimum absolute atomic E-state index is 0.0695. The molecular weight excluding hydrogens is 260 g/mol. The first-order valence-corrected chi connectivity index (χ1v) is 6.42. The molecule has 108 valence electrons. The third kappa shape index (κ3) is 2.71. The topological polar surface area (TPSA) is 69.7 Å². The molecule has 0 atom stereocenters. The Morgan fingerprint density at radius 3 is 1.75 bits per heavy atom. The summed E-state index contributed by atoms with van der Waals surface area (Å²) in [5.41, 5.74) is -1.79. The summed E-state index contributed by atoms with van der Waals surface area (Å²) in [6.45, 7) is 4.54. The van der Waals surface area contributed by atoms with Gasteiger partial charge in [0.15, 0.2) is 5.78 Å². The second-order valence-corrected chi connectivity index (χ2v) is 4.11. The first kappa shape index (κ1) is 15.9. The number of esters is 2. The van der Waals surface area contributed by atoms with Crippen LogP contribution >= 0.6 is 0 Å². The number of carbonyl (C=O) groups is 3. The lowest BCUT2D eigenvalue weighted by molar-refractivity contribution is -0.167. The summed E-state index contributed by atoms with van der Waals surface area (Å²) >= 11 is 0. The largest absolute Gasteiger partial charge is 0.465 e. The van der Waals surface area contributed by atoms with Crippen LogP contribution < -0.4 is 0 Å². The first-order chi connectivity index (χ1) is 9.51. The van der Waals surface area contributed by atoms with Crippen LogP contribution in [-0.4, -0.2) is 30.9 Å². The average molecular weight is 278 g/mol. The fourth-order valence-corrected chi connectivity index (χ4v) is 1.98. The molecular formula is C15H18O5. The van der Waals surface area contributed by atoms with E-state index in [1.54, 1.807) is 32.0 Å². The Balaban J connectivity index is 3.47. The molecule has 5 heteroatoms. The standard InChI is InChI=1S/C15H18O5/c1-4-19-13(17)15(11(3)16,14(18)20-5-2)12-9-7-6-8-10-12/h6-10H,4-5H2,1-3H3. The molecule has 0 saturated carbocycles. The number of ketones is 1. The molecule has 0 aliphatic rings. The van der Waals surface area contributed by atoms with Crippen molar-refractivity contribution in [1.82, 2.24) is 0 Å². The summed E-state index contributed by atoms with van der Waals surface area (Å²) in [5, 5.41) is 0. The highest BCUT2D eigenvalue weighted by atomic mass is 16.6. The van der Waals surface area contributed by atoms with Gasteiger partial charge in [0.05, 0.1) is 13.2 Å². The number of hydrogen-bond acceptors (Lipinski definition) is 5. The summed E-state index contributed by atoms with van der Waals surface area (Å²) in [6.07, 6.45) is 0. The van der Waals surface area contributed by atoms with E-state index >= 15 is 0 Å². The van der Waals surface area contributed by atoms with Crippen molar-refractivity contribution in [2.45, 2.75) is 26.2 Å². The minimum atomic E-state index is -2.05. The van der Waals surface area contributed by atoms with Crippen LogP contribution in [0.25, 0.3) is 0 Å². The smallest absolute Gasteiger partial charge is 0.335 e. The van der Waals surface area contributed by atoms with Crippen molar-refractivity contribution in [2.24, 2.45) is 0 Å². The van der Waals surface area contributed by atoms with Gasteiger partial charge in [-0.15, -0.1) is 0 Å². The lowest BCUT2D eigenvalue weighted by Crippen LogP contribution is -2.51. The Morgan fingerprint density at radius 2 is 1.40 bits per heavy atom. The summed E-state index contributed by atoms with van der Waals surface area (Å²) in [4.78, 5) is 36.7. The predicted molar refractivity (Wildman–Crippen MR) is 72.1 cm³/mol. The van der Waals surface area contributed by atoms with E-state index in [0.717, 1.165) is 0 Å². The van der Waals surface area contributed by atoms with E-state index in [2.05, 4.69) is 0 Å². The quantitative estimate of drug-likeness (QED) is 0.584. The molecule has 0 N–H and O–H groups in total. The predicted octanol–water partition coefficient (Wildman–Crippen LogP) is 1.64. The van der Waals surface area contributed by atoms with Crippen LogP contribution in [0.15, 0.2) is 30.3 Å². The van der Waals surface area contributed by atoms with E-state index < -0.39 is 23.1 Å².